The molecule has 9 heteroatoms. The number of fused-ring (bicyclic) bond motifs is 1. The van der Waals surface area contributed by atoms with Crippen molar-refractivity contribution in [2.24, 2.45) is 0 Å². The van der Waals surface area contributed by atoms with Crippen molar-refractivity contribution in [2.45, 2.75) is 63.0 Å². The number of nitrogens with zero attached hydrogens (tertiary/aromatic N) is 1. The molecule has 0 radical (unpaired) electrons. The van der Waals surface area contributed by atoms with E-state index in [0.29, 0.717) is 0 Å². The normalized spacial score (nSPS) is 43.7. The summed E-state index contributed by atoms with van der Waals surface area (Å²) >= 11 is 0. The molecular formula is C16H21NO8. The van der Waals surface area contributed by atoms with E-state index in [2.05, 4.69) is 6.58 Å². The monoisotopic (exact) mass is 355 g/mol. The molecule has 4 aliphatic heterocycles. The molecule has 0 aromatic heterocycles. The second-order valence-electron chi connectivity index (χ2n) is 7.39. The highest BCUT2D eigenvalue weighted by Crippen LogP contribution is 2.57. The molecule has 2 amide bonds. The van der Waals surface area contributed by atoms with Crippen molar-refractivity contribution in [2.75, 3.05) is 13.2 Å². The minimum Gasteiger partial charge on any atom is -0.443 e. The van der Waals surface area contributed by atoms with Gasteiger partial charge in [0.25, 0.3) is 11.7 Å². The van der Waals surface area contributed by atoms with E-state index >= 15 is 0 Å². The molecule has 4 rings (SSSR count). The van der Waals surface area contributed by atoms with Gasteiger partial charge in [0.05, 0.1) is 6.61 Å². The molecular weight excluding hydrogens is 334 g/mol. The number of hydrogen-bond donors (Lipinski definition) is 0. The lowest BCUT2D eigenvalue weighted by molar-refractivity contribution is -0.356. The Hall–Kier alpha value is -1.52. The molecule has 4 atom stereocenters. The van der Waals surface area contributed by atoms with Gasteiger partial charge in [-0.3, -0.25) is 4.79 Å². The highest BCUT2D eigenvalue weighted by molar-refractivity contribution is 5.99. The number of imide groups is 1. The fourth-order valence-electron chi connectivity index (χ4n) is 4.08. The molecule has 0 unspecified atom stereocenters. The minimum absolute atomic E-state index is 0.142. The molecule has 4 fully saturated rings. The van der Waals surface area contributed by atoms with Gasteiger partial charge in [0.2, 0.25) is 5.72 Å². The maximum atomic E-state index is 12.5. The topological polar surface area (TPSA) is 92.8 Å². The summed E-state index contributed by atoms with van der Waals surface area (Å²) in [6, 6.07) is 0. The van der Waals surface area contributed by atoms with Crippen molar-refractivity contribution in [3.8, 4) is 0 Å². The van der Waals surface area contributed by atoms with Crippen LogP contribution in [0.5, 0.6) is 0 Å². The predicted octanol–water partition coefficient (Wildman–Crippen LogP) is 0.877. The first-order valence-electron chi connectivity index (χ1n) is 8.09. The SMILES string of the molecule is C=CC(=O)N1C(=O)OC[C@@]23OC[C@H]4OC(C)(C)O[C@H]4[C@@]12OC(C)(C)O3. The third-order valence-electron chi connectivity index (χ3n) is 4.70. The summed E-state index contributed by atoms with van der Waals surface area (Å²) in [6.07, 6.45) is -1.23. The Labute approximate surface area is 144 Å². The zero-order valence-electron chi connectivity index (χ0n) is 14.6. The van der Waals surface area contributed by atoms with Crippen LogP contribution in [-0.2, 0) is 33.2 Å². The van der Waals surface area contributed by atoms with Gasteiger partial charge in [-0.1, -0.05) is 6.58 Å². The largest absolute Gasteiger partial charge is 0.443 e. The summed E-state index contributed by atoms with van der Waals surface area (Å²) in [5, 5.41) is 0. The Kier molecular flexibility index (Phi) is 3.25. The van der Waals surface area contributed by atoms with Crippen LogP contribution in [0.15, 0.2) is 12.7 Å². The quantitative estimate of drug-likeness (QED) is 0.640. The summed E-state index contributed by atoms with van der Waals surface area (Å²) in [5.41, 5.74) is -1.69. The molecule has 0 aliphatic carbocycles. The van der Waals surface area contributed by atoms with Crippen LogP contribution in [0.1, 0.15) is 27.7 Å². The first kappa shape index (κ1) is 16.9. The third kappa shape index (κ3) is 2.07. The summed E-state index contributed by atoms with van der Waals surface area (Å²) < 4.78 is 35.2. The molecule has 138 valence electrons. The average Bonchev–Trinajstić information content (AvgIpc) is 2.95. The zero-order chi connectivity index (χ0) is 18.3. The fraction of sp³-hybridized carbons (Fsp3) is 0.750. The van der Waals surface area contributed by atoms with Gasteiger partial charge in [0, 0.05) is 0 Å². The summed E-state index contributed by atoms with van der Waals surface area (Å²) in [5.74, 6) is -4.32. The second-order valence-corrected chi connectivity index (χ2v) is 7.39. The Bertz CT molecular complexity index is 661. The number of carbonyl (C=O) groups excluding carboxylic acids is 2. The maximum Gasteiger partial charge on any atom is 0.419 e. The highest BCUT2D eigenvalue weighted by atomic mass is 16.9. The van der Waals surface area contributed by atoms with E-state index < -0.39 is 47.3 Å². The van der Waals surface area contributed by atoms with Crippen LogP contribution >= 0.6 is 0 Å². The first-order chi connectivity index (χ1) is 11.6. The summed E-state index contributed by atoms with van der Waals surface area (Å²) in [4.78, 5) is 25.9. The van der Waals surface area contributed by atoms with Crippen molar-refractivity contribution in [1.82, 2.24) is 4.90 Å². The van der Waals surface area contributed by atoms with Crippen LogP contribution in [-0.4, -0.2) is 65.4 Å². The van der Waals surface area contributed by atoms with Crippen molar-refractivity contribution in [1.29, 1.82) is 0 Å². The van der Waals surface area contributed by atoms with E-state index in [-0.39, 0.29) is 13.2 Å². The Morgan fingerprint density at radius 2 is 1.92 bits per heavy atom. The number of cyclic esters (lactones) is 1. The van der Waals surface area contributed by atoms with E-state index in [0.717, 1.165) is 11.0 Å². The molecule has 25 heavy (non-hydrogen) atoms. The number of hydrogen-bond acceptors (Lipinski definition) is 8. The molecule has 4 saturated heterocycles. The van der Waals surface area contributed by atoms with Crippen LogP contribution in [0.4, 0.5) is 4.79 Å². The fourth-order valence-corrected chi connectivity index (χ4v) is 4.08. The maximum absolute atomic E-state index is 12.5. The number of ether oxygens (including phenoxy) is 6. The van der Waals surface area contributed by atoms with Crippen LogP contribution in [0.2, 0.25) is 0 Å². The third-order valence-corrected chi connectivity index (χ3v) is 4.70. The Morgan fingerprint density at radius 1 is 1.20 bits per heavy atom. The first-order valence-corrected chi connectivity index (χ1v) is 8.09. The van der Waals surface area contributed by atoms with Gasteiger partial charge < -0.3 is 28.4 Å². The van der Waals surface area contributed by atoms with Crippen LogP contribution in [0, 0.1) is 0 Å². The van der Waals surface area contributed by atoms with Crippen LogP contribution in [0.3, 0.4) is 0 Å². The molecule has 0 aromatic carbocycles. The van der Waals surface area contributed by atoms with E-state index in [9.17, 15) is 9.59 Å². The second kappa shape index (κ2) is 4.80. The molecule has 9 nitrogen and oxygen atoms in total. The Morgan fingerprint density at radius 3 is 2.60 bits per heavy atom. The molecule has 0 N–H and O–H groups in total. The summed E-state index contributed by atoms with van der Waals surface area (Å²) in [7, 11) is 0. The lowest BCUT2D eigenvalue weighted by Crippen LogP contribution is -2.80. The van der Waals surface area contributed by atoms with Crippen molar-refractivity contribution in [3.63, 3.8) is 0 Å². The lowest BCUT2D eigenvalue weighted by Gasteiger charge is -2.54. The Balaban J connectivity index is 1.92. The van der Waals surface area contributed by atoms with Gasteiger partial charge in [-0.15, -0.1) is 0 Å². The van der Waals surface area contributed by atoms with Crippen molar-refractivity contribution in [3.05, 3.63) is 12.7 Å². The van der Waals surface area contributed by atoms with Crippen molar-refractivity contribution < 1.29 is 38.0 Å². The molecule has 0 aromatic rings. The van der Waals surface area contributed by atoms with Crippen LogP contribution in [0.25, 0.3) is 0 Å². The number of carbonyl (C=O) groups is 2. The van der Waals surface area contributed by atoms with Crippen molar-refractivity contribution >= 4 is 12.0 Å². The van der Waals surface area contributed by atoms with E-state index in [1.54, 1.807) is 27.7 Å². The van der Waals surface area contributed by atoms with Gasteiger partial charge in [0.15, 0.2) is 18.2 Å². The standard InChI is InChI=1S/C16H21NO8/c1-6-10(18)17-12(19)20-8-15-16(17,25-14(4,5)24-15)11-9(7-21-15)22-13(2,3)23-11/h6,9,11H,1,7-8H2,2-5H3/t9-,11-,15+,16+/m1/s1. The average molecular weight is 355 g/mol. The van der Waals surface area contributed by atoms with E-state index in [4.69, 9.17) is 28.4 Å². The summed E-state index contributed by atoms with van der Waals surface area (Å²) in [6.45, 7) is 10.2. The lowest BCUT2D eigenvalue weighted by atomic mass is 9.87. The number of rotatable bonds is 1. The highest BCUT2D eigenvalue weighted by Gasteiger charge is 2.81. The number of amides is 2. The molecule has 4 heterocycles. The predicted molar refractivity (Wildman–Crippen MR) is 79.9 cm³/mol. The van der Waals surface area contributed by atoms with Gasteiger partial charge in [0.1, 0.15) is 12.2 Å². The molecule has 0 spiro atoms. The van der Waals surface area contributed by atoms with E-state index in [1.807, 2.05) is 0 Å². The van der Waals surface area contributed by atoms with Gasteiger partial charge in [-0.2, -0.15) is 0 Å². The van der Waals surface area contributed by atoms with Crippen LogP contribution < -0.4 is 0 Å². The molecule has 0 bridgehead atoms. The molecule has 0 saturated carbocycles. The van der Waals surface area contributed by atoms with Gasteiger partial charge in [-0.25, -0.2) is 9.69 Å². The minimum atomic E-state index is -1.69. The smallest absolute Gasteiger partial charge is 0.419 e. The molecule has 4 aliphatic rings. The zero-order valence-corrected chi connectivity index (χ0v) is 14.6. The van der Waals surface area contributed by atoms with E-state index in [1.165, 1.54) is 0 Å². The van der Waals surface area contributed by atoms with Gasteiger partial charge in [-0.05, 0) is 33.8 Å². The van der Waals surface area contributed by atoms with Gasteiger partial charge >= 0.3 is 6.09 Å².